The fraction of sp³-hybridized carbons (Fsp3) is 0.615. The van der Waals surface area contributed by atoms with Crippen LogP contribution in [0.1, 0.15) is 35.4 Å². The van der Waals surface area contributed by atoms with E-state index in [2.05, 4.69) is 16.0 Å². The van der Waals surface area contributed by atoms with E-state index in [1.807, 2.05) is 6.07 Å². The fourth-order valence-corrected chi connectivity index (χ4v) is 3.26. The predicted molar refractivity (Wildman–Crippen MR) is 78.7 cm³/mol. The first-order valence-corrected chi connectivity index (χ1v) is 7.71. The van der Waals surface area contributed by atoms with Crippen LogP contribution in [-0.2, 0) is 0 Å². The maximum absolute atomic E-state index is 12.0. The molecule has 1 aromatic rings. The smallest absolute Gasteiger partial charge is 0.263 e. The second-order valence-electron chi connectivity index (χ2n) is 5.31. The van der Waals surface area contributed by atoms with Crippen molar-refractivity contribution in [1.82, 2.24) is 10.6 Å². The van der Waals surface area contributed by atoms with E-state index in [4.69, 9.17) is 5.73 Å². The number of amides is 1. The summed E-state index contributed by atoms with van der Waals surface area (Å²) in [5.41, 5.74) is 6.52. The fourth-order valence-electron chi connectivity index (χ4n) is 2.30. The van der Waals surface area contributed by atoms with Gasteiger partial charge in [0.15, 0.2) is 0 Å². The molecular weight excluding hydrogens is 260 g/mol. The highest BCUT2D eigenvalue weighted by molar-refractivity contribution is 7.18. The van der Waals surface area contributed by atoms with Crippen LogP contribution in [0, 0.1) is 0 Å². The predicted octanol–water partition coefficient (Wildman–Crippen LogP) is 1.39. The molecule has 1 aliphatic heterocycles. The van der Waals surface area contributed by atoms with E-state index in [-0.39, 0.29) is 5.91 Å². The summed E-state index contributed by atoms with van der Waals surface area (Å²) in [4.78, 5) is 12.6. The van der Waals surface area contributed by atoms with Gasteiger partial charge in [-0.2, -0.15) is 0 Å². The molecule has 0 unspecified atom stereocenters. The summed E-state index contributed by atoms with van der Waals surface area (Å²) < 4.78 is 0. The number of nitrogens with one attached hydrogen (secondary N) is 3. The molecule has 2 fully saturated rings. The summed E-state index contributed by atoms with van der Waals surface area (Å²) in [5.74, 6) is -0.0247. The maximum atomic E-state index is 12.0. The molecule has 5 nitrogen and oxygen atoms in total. The molecule has 1 saturated carbocycles. The molecular formula is C13H20N4OS. The normalized spacial score (nSPS) is 20.2. The van der Waals surface area contributed by atoms with Gasteiger partial charge in [-0.15, -0.1) is 11.3 Å². The van der Waals surface area contributed by atoms with Crippen molar-refractivity contribution >= 4 is 27.9 Å². The molecule has 2 heterocycles. The van der Waals surface area contributed by atoms with Gasteiger partial charge >= 0.3 is 0 Å². The van der Waals surface area contributed by atoms with Gasteiger partial charge in [0.05, 0.1) is 10.7 Å². The molecule has 3 rings (SSSR count). The van der Waals surface area contributed by atoms with E-state index in [0.717, 1.165) is 43.8 Å². The van der Waals surface area contributed by atoms with Crippen LogP contribution in [-0.4, -0.2) is 31.1 Å². The number of nitrogens with two attached hydrogens (primary N) is 1. The molecule has 5 N–H and O–H groups in total. The molecule has 104 valence electrons. The number of piperidine rings is 1. The lowest BCUT2D eigenvalue weighted by molar-refractivity contribution is 0.0956. The third kappa shape index (κ3) is 3.19. The summed E-state index contributed by atoms with van der Waals surface area (Å²) >= 11 is 1.46. The molecule has 6 heteroatoms. The zero-order valence-electron chi connectivity index (χ0n) is 10.9. The zero-order chi connectivity index (χ0) is 13.2. The van der Waals surface area contributed by atoms with Crippen LogP contribution in [0.5, 0.6) is 0 Å². The Balaban J connectivity index is 1.63. The number of thiophene rings is 1. The van der Waals surface area contributed by atoms with Crippen LogP contribution in [0.3, 0.4) is 0 Å². The lowest BCUT2D eigenvalue weighted by Crippen LogP contribution is -2.35. The van der Waals surface area contributed by atoms with Crippen molar-refractivity contribution in [2.24, 2.45) is 0 Å². The van der Waals surface area contributed by atoms with Crippen molar-refractivity contribution in [2.75, 3.05) is 24.1 Å². The van der Waals surface area contributed by atoms with Crippen molar-refractivity contribution in [3.8, 4) is 0 Å². The Morgan fingerprint density at radius 3 is 2.68 bits per heavy atom. The Bertz CT molecular complexity index is 463. The SMILES string of the molecule is Nc1cc(NC2CCNCC2)sc1C(=O)NC1CC1. The number of rotatable bonds is 4. The van der Waals surface area contributed by atoms with Crippen LogP contribution in [0.15, 0.2) is 6.07 Å². The topological polar surface area (TPSA) is 79.2 Å². The average Bonchev–Trinajstić information content (AvgIpc) is 3.13. The minimum atomic E-state index is -0.0247. The molecule has 0 bridgehead atoms. The molecule has 0 aromatic carbocycles. The molecule has 0 atom stereocenters. The lowest BCUT2D eigenvalue weighted by Gasteiger charge is -2.23. The van der Waals surface area contributed by atoms with Crippen molar-refractivity contribution in [1.29, 1.82) is 0 Å². The van der Waals surface area contributed by atoms with E-state index in [1.165, 1.54) is 11.3 Å². The van der Waals surface area contributed by atoms with E-state index < -0.39 is 0 Å². The van der Waals surface area contributed by atoms with Gasteiger partial charge in [0, 0.05) is 12.1 Å². The summed E-state index contributed by atoms with van der Waals surface area (Å²) in [6.07, 6.45) is 4.41. The first-order valence-electron chi connectivity index (χ1n) is 6.90. The second kappa shape index (κ2) is 5.38. The van der Waals surface area contributed by atoms with Gasteiger partial charge in [0.1, 0.15) is 4.88 Å². The van der Waals surface area contributed by atoms with Crippen molar-refractivity contribution in [3.05, 3.63) is 10.9 Å². The molecule has 1 aromatic heterocycles. The maximum Gasteiger partial charge on any atom is 0.263 e. The molecule has 0 radical (unpaired) electrons. The second-order valence-corrected chi connectivity index (χ2v) is 6.36. The minimum Gasteiger partial charge on any atom is -0.397 e. The summed E-state index contributed by atoms with van der Waals surface area (Å²) in [7, 11) is 0. The third-order valence-electron chi connectivity index (χ3n) is 3.57. The Morgan fingerprint density at radius 2 is 2.00 bits per heavy atom. The van der Waals surface area contributed by atoms with Crippen LogP contribution < -0.4 is 21.7 Å². The standard InChI is InChI=1S/C13H20N4OS/c14-10-7-11(16-9-3-5-15-6-4-9)19-12(10)13(18)17-8-1-2-8/h7-9,15-16H,1-6,14H2,(H,17,18). The van der Waals surface area contributed by atoms with Crippen LogP contribution in [0.4, 0.5) is 10.7 Å². The largest absolute Gasteiger partial charge is 0.397 e. The highest BCUT2D eigenvalue weighted by Crippen LogP contribution is 2.31. The van der Waals surface area contributed by atoms with Crippen LogP contribution >= 0.6 is 11.3 Å². The van der Waals surface area contributed by atoms with Gasteiger partial charge in [-0.3, -0.25) is 4.79 Å². The van der Waals surface area contributed by atoms with Crippen molar-refractivity contribution in [3.63, 3.8) is 0 Å². The van der Waals surface area contributed by atoms with Gasteiger partial charge in [0.2, 0.25) is 0 Å². The summed E-state index contributed by atoms with van der Waals surface area (Å²) in [6, 6.07) is 2.74. The van der Waals surface area contributed by atoms with Crippen LogP contribution in [0.25, 0.3) is 0 Å². The van der Waals surface area contributed by atoms with Gasteiger partial charge in [-0.05, 0) is 44.8 Å². The van der Waals surface area contributed by atoms with E-state index in [0.29, 0.717) is 22.6 Å². The number of carbonyl (C=O) groups excluding carboxylic acids is 1. The summed E-state index contributed by atoms with van der Waals surface area (Å²) in [6.45, 7) is 2.10. The lowest BCUT2D eigenvalue weighted by atomic mass is 10.1. The van der Waals surface area contributed by atoms with Crippen LogP contribution in [0.2, 0.25) is 0 Å². The third-order valence-corrected chi connectivity index (χ3v) is 4.65. The van der Waals surface area contributed by atoms with E-state index >= 15 is 0 Å². The first kappa shape index (κ1) is 12.7. The van der Waals surface area contributed by atoms with E-state index in [9.17, 15) is 4.79 Å². The monoisotopic (exact) mass is 280 g/mol. The molecule has 1 amide bonds. The molecule has 1 saturated heterocycles. The van der Waals surface area contributed by atoms with Gasteiger partial charge in [0.25, 0.3) is 5.91 Å². The molecule has 0 spiro atoms. The van der Waals surface area contributed by atoms with Gasteiger partial charge < -0.3 is 21.7 Å². The number of hydrogen-bond acceptors (Lipinski definition) is 5. The Morgan fingerprint density at radius 1 is 1.26 bits per heavy atom. The Labute approximate surface area is 116 Å². The summed E-state index contributed by atoms with van der Waals surface area (Å²) in [5, 5.41) is 10.8. The minimum absolute atomic E-state index is 0.0247. The van der Waals surface area contributed by atoms with Crippen molar-refractivity contribution < 1.29 is 4.79 Å². The number of nitrogen functional groups attached to an aromatic ring is 1. The number of carbonyl (C=O) groups is 1. The molecule has 2 aliphatic rings. The van der Waals surface area contributed by atoms with E-state index in [1.54, 1.807) is 0 Å². The molecule has 1 aliphatic carbocycles. The Hall–Kier alpha value is -1.27. The number of anilines is 2. The highest BCUT2D eigenvalue weighted by Gasteiger charge is 2.26. The molecule has 19 heavy (non-hydrogen) atoms. The van der Waals surface area contributed by atoms with Crippen molar-refractivity contribution in [2.45, 2.75) is 37.8 Å². The van der Waals surface area contributed by atoms with Gasteiger partial charge in [-0.25, -0.2) is 0 Å². The van der Waals surface area contributed by atoms with Gasteiger partial charge in [-0.1, -0.05) is 0 Å². The zero-order valence-corrected chi connectivity index (χ0v) is 11.7. The highest BCUT2D eigenvalue weighted by atomic mass is 32.1. The number of hydrogen-bond donors (Lipinski definition) is 4. The quantitative estimate of drug-likeness (QED) is 0.672. The first-order chi connectivity index (χ1) is 9.22. The Kier molecular flexibility index (Phi) is 3.61. The average molecular weight is 280 g/mol.